The van der Waals surface area contributed by atoms with Crippen molar-refractivity contribution >= 4 is 20.0 Å². The van der Waals surface area contributed by atoms with Gasteiger partial charge in [-0.05, 0) is 12.1 Å². The Hall–Kier alpha value is -1.46. The first-order valence-electron chi connectivity index (χ1n) is 6.53. The van der Waals surface area contributed by atoms with Gasteiger partial charge in [0, 0.05) is 13.8 Å². The van der Waals surface area contributed by atoms with Gasteiger partial charge in [-0.1, -0.05) is 18.2 Å². The van der Waals surface area contributed by atoms with Crippen LogP contribution in [-0.2, 0) is 11.3 Å². The molecule has 1 nitrogen and oxygen atoms in total. The van der Waals surface area contributed by atoms with Crippen LogP contribution < -0.4 is 5.30 Å². The molecule has 0 aliphatic heterocycles. The van der Waals surface area contributed by atoms with Gasteiger partial charge in [0.05, 0.1) is 17.5 Å². The van der Waals surface area contributed by atoms with Crippen LogP contribution in [0.15, 0.2) is 30.3 Å². The predicted molar refractivity (Wildman–Crippen MR) is 80.6 cm³/mol. The molecule has 0 heterocycles. The molecule has 0 amide bonds. The van der Waals surface area contributed by atoms with Gasteiger partial charge in [-0.25, -0.2) is 22.0 Å². The number of hydrogen-bond donors (Lipinski definition) is 0. The van der Waals surface area contributed by atoms with Crippen LogP contribution in [0.5, 0.6) is 0 Å². The Balaban J connectivity index is 2.14. The van der Waals surface area contributed by atoms with Crippen molar-refractivity contribution < 1.29 is 26.7 Å². The molecule has 0 fully saturated rings. The molecule has 1 unspecified atom stereocenters. The van der Waals surface area contributed by atoms with E-state index < -0.39 is 48.4 Å². The van der Waals surface area contributed by atoms with Gasteiger partial charge in [-0.15, -0.1) is 0 Å². The Labute approximate surface area is 132 Å². The summed E-state index contributed by atoms with van der Waals surface area (Å²) < 4.78 is 71.3. The fourth-order valence-electron chi connectivity index (χ4n) is 1.96. The van der Waals surface area contributed by atoms with Gasteiger partial charge in [-0.3, -0.25) is 0 Å². The molecule has 2 aromatic carbocycles. The zero-order valence-corrected chi connectivity index (χ0v) is 13.0. The summed E-state index contributed by atoms with van der Waals surface area (Å²) in [6, 6.07) is 8.94. The lowest BCUT2D eigenvalue weighted by molar-refractivity contribution is 0.156. The molecular formula is C15H12BF5OP+. The van der Waals surface area contributed by atoms with Crippen LogP contribution in [0.4, 0.5) is 22.0 Å². The molecule has 0 N–H and O–H groups in total. The second-order valence-electron chi connectivity index (χ2n) is 5.13. The summed E-state index contributed by atoms with van der Waals surface area (Å²) in [4.78, 5) is 0. The monoisotopic (exact) mass is 345 g/mol. The van der Waals surface area contributed by atoms with E-state index in [9.17, 15) is 22.0 Å². The third-order valence-corrected chi connectivity index (χ3v) is 5.45. The molecular weight excluding hydrogens is 333 g/mol. The topological polar surface area (TPSA) is 9.23 Å². The predicted octanol–water partition coefficient (Wildman–Crippen LogP) is 3.91. The van der Waals surface area contributed by atoms with E-state index in [0.29, 0.717) is 0 Å². The van der Waals surface area contributed by atoms with Crippen LogP contribution in [0.1, 0.15) is 5.56 Å². The first-order valence-corrected chi connectivity index (χ1v) is 9.02. The maximum absolute atomic E-state index is 13.5. The molecule has 0 saturated carbocycles. The number of ether oxygens (including phenoxy) is 1. The van der Waals surface area contributed by atoms with E-state index in [0.717, 1.165) is 5.30 Å². The molecule has 0 bridgehead atoms. The van der Waals surface area contributed by atoms with E-state index in [1.54, 1.807) is 37.0 Å². The molecule has 23 heavy (non-hydrogen) atoms. The van der Waals surface area contributed by atoms with Gasteiger partial charge in [0.1, 0.15) is 6.35 Å². The van der Waals surface area contributed by atoms with Crippen LogP contribution in [0.3, 0.4) is 0 Å². The molecule has 2 rings (SSSR count). The molecule has 2 radical (unpaired) electrons. The van der Waals surface area contributed by atoms with Crippen molar-refractivity contribution in [3.05, 3.63) is 65.0 Å². The van der Waals surface area contributed by atoms with Gasteiger partial charge in [0.25, 0.3) is 0 Å². The number of benzene rings is 2. The number of rotatable bonds is 5. The maximum atomic E-state index is 13.5. The molecule has 1 atom stereocenters. The average Bonchev–Trinajstić information content (AvgIpc) is 2.55. The fraction of sp³-hybridized carbons (Fsp3) is 0.200. The lowest BCUT2D eigenvalue weighted by atomic mass is 10.2. The first-order chi connectivity index (χ1) is 10.8. The van der Waals surface area contributed by atoms with E-state index in [1.807, 2.05) is 0 Å². The summed E-state index contributed by atoms with van der Waals surface area (Å²) in [6.07, 6.45) is -0.0590. The lowest BCUT2D eigenvalue weighted by Gasteiger charge is -2.18. The summed E-state index contributed by atoms with van der Waals surface area (Å²) in [7, 11) is 3.93. The molecule has 0 aliphatic rings. The molecule has 2 aromatic rings. The third-order valence-electron chi connectivity index (χ3n) is 3.25. The number of hydrogen-bond acceptors (Lipinski definition) is 1. The van der Waals surface area contributed by atoms with Crippen LogP contribution in [0, 0.1) is 29.1 Å². The maximum Gasteiger partial charge on any atom is 0.373 e. The summed E-state index contributed by atoms with van der Waals surface area (Å²) in [6.45, 7) is 0.978. The van der Waals surface area contributed by atoms with Crippen molar-refractivity contribution in [2.75, 3.05) is 13.0 Å². The van der Waals surface area contributed by atoms with E-state index in [2.05, 4.69) is 0 Å². The van der Waals surface area contributed by atoms with Crippen molar-refractivity contribution in [1.82, 2.24) is 0 Å². The van der Waals surface area contributed by atoms with Crippen LogP contribution in [-0.4, -0.2) is 20.6 Å². The van der Waals surface area contributed by atoms with E-state index >= 15 is 0 Å². The standard InChI is InChI=1S/C15H12BF5OP/c1-23(16,9-5-3-2-4-6-9)8-22-7-10-11(17)13(19)15(21)14(20)12(10)18/h2-6H,7-8H2,1H3/q+1. The molecule has 0 aliphatic carbocycles. The molecule has 0 aromatic heterocycles. The van der Waals surface area contributed by atoms with Crippen molar-refractivity contribution in [3.8, 4) is 0 Å². The summed E-state index contributed by atoms with van der Waals surface area (Å²) in [5.74, 6) is -9.95. The van der Waals surface area contributed by atoms with Gasteiger partial charge in [-0.2, -0.15) is 0 Å². The van der Waals surface area contributed by atoms with Gasteiger partial charge in [0.2, 0.25) is 5.82 Å². The second-order valence-corrected chi connectivity index (χ2v) is 8.44. The second kappa shape index (κ2) is 6.97. The SMILES string of the molecule is [B][P+](C)(COCc1c(F)c(F)c(F)c(F)c1F)c1ccccc1. The molecule has 120 valence electrons. The van der Waals surface area contributed by atoms with Crippen molar-refractivity contribution in [2.24, 2.45) is 0 Å². The average molecular weight is 345 g/mol. The smallest absolute Gasteiger partial charge is 0.343 e. The zero-order chi connectivity index (χ0) is 17.2. The quantitative estimate of drug-likeness (QED) is 0.263. The zero-order valence-electron chi connectivity index (χ0n) is 12.1. The molecule has 0 saturated heterocycles. The largest absolute Gasteiger partial charge is 0.373 e. The Kier molecular flexibility index (Phi) is 5.43. The van der Waals surface area contributed by atoms with E-state index in [-0.39, 0.29) is 6.35 Å². The van der Waals surface area contributed by atoms with Gasteiger partial charge in [0.15, 0.2) is 23.3 Å². The fourth-order valence-corrected chi connectivity index (χ4v) is 3.43. The summed E-state index contributed by atoms with van der Waals surface area (Å²) in [5.41, 5.74) is -1.01. The minimum Gasteiger partial charge on any atom is -0.343 e. The minimum absolute atomic E-state index is 0.0590. The van der Waals surface area contributed by atoms with E-state index in [4.69, 9.17) is 12.3 Å². The highest BCUT2D eigenvalue weighted by Crippen LogP contribution is 2.48. The number of halogens is 5. The van der Waals surface area contributed by atoms with Crippen molar-refractivity contribution in [1.29, 1.82) is 0 Å². The Bertz CT molecular complexity index is 680. The highest BCUT2D eigenvalue weighted by atomic mass is 31.2. The van der Waals surface area contributed by atoms with Crippen LogP contribution in [0.2, 0.25) is 0 Å². The van der Waals surface area contributed by atoms with Crippen LogP contribution in [0.25, 0.3) is 0 Å². The van der Waals surface area contributed by atoms with Gasteiger partial charge >= 0.3 is 7.57 Å². The highest BCUT2D eigenvalue weighted by Gasteiger charge is 2.30. The minimum atomic E-state index is -2.22. The first kappa shape index (κ1) is 17.9. The van der Waals surface area contributed by atoms with Crippen molar-refractivity contribution in [2.45, 2.75) is 6.61 Å². The Morgan fingerprint density at radius 1 is 0.870 bits per heavy atom. The summed E-state index contributed by atoms with van der Waals surface area (Å²) in [5, 5.41) is 0.817. The van der Waals surface area contributed by atoms with Gasteiger partial charge < -0.3 is 4.74 Å². The third kappa shape index (κ3) is 3.73. The Morgan fingerprint density at radius 2 is 1.35 bits per heavy atom. The summed E-state index contributed by atoms with van der Waals surface area (Å²) >= 11 is 0. The Morgan fingerprint density at radius 3 is 1.87 bits per heavy atom. The molecule has 0 spiro atoms. The lowest BCUT2D eigenvalue weighted by Crippen LogP contribution is -2.16. The highest BCUT2D eigenvalue weighted by molar-refractivity contribution is 8.02. The molecule has 8 heteroatoms. The van der Waals surface area contributed by atoms with Crippen molar-refractivity contribution in [3.63, 3.8) is 0 Å². The van der Waals surface area contributed by atoms with E-state index in [1.165, 1.54) is 0 Å². The normalized spacial score (nSPS) is 13.8. The van der Waals surface area contributed by atoms with Crippen LogP contribution >= 0.6 is 7.14 Å².